The Balaban J connectivity index is 5.48. The molecule has 5 heteroatoms. The maximum atomic E-state index is 6.31. The van der Waals surface area contributed by atoms with Crippen molar-refractivity contribution in [3.8, 4) is 0 Å². The summed E-state index contributed by atoms with van der Waals surface area (Å²) in [6.07, 6.45) is 3.19. The topological polar surface area (TPSA) is 18.5 Å². The van der Waals surface area contributed by atoms with Crippen molar-refractivity contribution >= 4 is 31.4 Å². The summed E-state index contributed by atoms with van der Waals surface area (Å²) < 4.78 is 12.6. The Hall–Kier alpha value is 0.704. The van der Waals surface area contributed by atoms with Crippen molar-refractivity contribution in [2.24, 2.45) is 11.3 Å². The highest BCUT2D eigenvalue weighted by Crippen LogP contribution is 2.43. The first kappa shape index (κ1) is 23.7. The second-order valence-electron chi connectivity index (χ2n) is 9.23. The molecule has 140 valence electrons. The molecule has 0 unspecified atom stereocenters. The lowest BCUT2D eigenvalue weighted by Crippen LogP contribution is -2.55. The van der Waals surface area contributed by atoms with Crippen LogP contribution < -0.4 is 0 Å². The fraction of sp³-hybridized carbons (Fsp3) is 1.00. The third kappa shape index (κ3) is 9.10. The highest BCUT2D eigenvalue weighted by Gasteiger charge is 2.47. The molecule has 0 saturated carbocycles. The monoisotopic (exact) mass is 378 g/mol. The first-order valence-electron chi connectivity index (χ1n) is 9.33. The largest absolute Gasteiger partial charge is 0.396 e. The number of thiol groups is 1. The quantitative estimate of drug-likeness (QED) is 0.415. The smallest absolute Gasteiger partial charge is 0.334 e. The molecule has 0 N–H and O–H groups in total. The second-order valence-corrected chi connectivity index (χ2v) is 17.9. The molecule has 0 aliphatic carbocycles. The first-order chi connectivity index (χ1) is 10.4. The van der Waals surface area contributed by atoms with Gasteiger partial charge in [-0.25, -0.2) is 0 Å². The van der Waals surface area contributed by atoms with Crippen LogP contribution >= 0.6 is 12.6 Å². The molecular weight excluding hydrogens is 336 g/mol. The Bertz CT molecular complexity index is 321. The molecule has 1 atom stereocenters. The normalized spacial score (nSPS) is 16.7. The zero-order valence-corrected chi connectivity index (χ0v) is 20.6. The van der Waals surface area contributed by atoms with Crippen LogP contribution in [0.15, 0.2) is 0 Å². The minimum atomic E-state index is -1.81. The zero-order valence-electron chi connectivity index (χ0n) is 17.2. The average Bonchev–Trinajstić information content (AvgIpc) is 2.35. The van der Waals surface area contributed by atoms with Gasteiger partial charge in [0, 0.05) is 26.7 Å². The number of rotatable bonds is 11. The summed E-state index contributed by atoms with van der Waals surface area (Å²) in [6, 6.07) is 0. The molecule has 0 heterocycles. The van der Waals surface area contributed by atoms with E-state index in [2.05, 4.69) is 62.3 Å². The van der Waals surface area contributed by atoms with E-state index in [9.17, 15) is 0 Å². The van der Waals surface area contributed by atoms with Gasteiger partial charge in [0.25, 0.3) is 0 Å². The Morgan fingerprint density at radius 1 is 0.957 bits per heavy atom. The Labute approximate surface area is 155 Å². The van der Waals surface area contributed by atoms with Crippen LogP contribution in [0.4, 0.5) is 0 Å². The van der Waals surface area contributed by atoms with E-state index in [1.165, 1.54) is 0 Å². The van der Waals surface area contributed by atoms with Crippen molar-refractivity contribution in [1.82, 2.24) is 0 Å². The van der Waals surface area contributed by atoms with E-state index in [0.717, 1.165) is 32.5 Å². The van der Waals surface area contributed by atoms with Crippen molar-refractivity contribution in [2.45, 2.75) is 90.6 Å². The molecular formula is C18H42O2SSi2. The molecule has 0 aromatic heterocycles. The molecule has 0 aromatic rings. The third-order valence-electron chi connectivity index (χ3n) is 4.55. The molecule has 0 aliphatic heterocycles. The van der Waals surface area contributed by atoms with Crippen molar-refractivity contribution in [3.63, 3.8) is 0 Å². The van der Waals surface area contributed by atoms with Crippen molar-refractivity contribution < 1.29 is 8.85 Å². The van der Waals surface area contributed by atoms with Gasteiger partial charge in [0.1, 0.15) is 0 Å². The van der Waals surface area contributed by atoms with Crippen molar-refractivity contribution in [3.05, 3.63) is 0 Å². The molecule has 0 aromatic carbocycles. The van der Waals surface area contributed by atoms with Gasteiger partial charge < -0.3 is 8.85 Å². The Morgan fingerprint density at radius 3 is 1.70 bits per heavy atom. The van der Waals surface area contributed by atoms with Gasteiger partial charge in [-0.2, -0.15) is 12.6 Å². The predicted octanol–water partition coefficient (Wildman–Crippen LogP) is 4.68. The molecule has 0 rings (SSSR count). The van der Waals surface area contributed by atoms with Gasteiger partial charge in [-0.1, -0.05) is 62.3 Å². The average molecular weight is 379 g/mol. The van der Waals surface area contributed by atoms with Crippen molar-refractivity contribution in [1.29, 1.82) is 0 Å². The summed E-state index contributed by atoms with van der Waals surface area (Å²) in [7, 11) is -2.31. The maximum Gasteiger partial charge on any atom is 0.334 e. The lowest BCUT2D eigenvalue weighted by Gasteiger charge is -2.44. The fourth-order valence-corrected chi connectivity index (χ4v) is 13.3. The number of hydrogen-bond acceptors (Lipinski definition) is 3. The molecule has 0 amide bonds. The third-order valence-corrected chi connectivity index (χ3v) is 12.2. The van der Waals surface area contributed by atoms with E-state index in [1.807, 2.05) is 0 Å². The van der Waals surface area contributed by atoms with Crippen molar-refractivity contribution in [2.75, 3.05) is 13.2 Å². The number of hydrogen-bond donors (Lipinski definition) is 1. The van der Waals surface area contributed by atoms with Crippen LogP contribution in [0.3, 0.4) is 0 Å². The van der Waals surface area contributed by atoms with Crippen LogP contribution in [0.25, 0.3) is 0 Å². The van der Waals surface area contributed by atoms with E-state index in [1.54, 1.807) is 0 Å². The lowest BCUT2D eigenvalue weighted by molar-refractivity contribution is 0.184. The minimum Gasteiger partial charge on any atom is -0.396 e. The highest BCUT2D eigenvalue weighted by atomic mass is 32.1. The standard InChI is InChI=1S/C18H42O2SSi2/c1-10-12-19-23(20-13-11-2)18(21,14-16(5,6)7)22-17(8,9)15(3)4/h15,21,23H,10-14,22H2,1-9H3/t18-/m0/s1. The van der Waals surface area contributed by atoms with Gasteiger partial charge in [-0.3, -0.25) is 0 Å². The Morgan fingerprint density at radius 2 is 1.39 bits per heavy atom. The summed E-state index contributed by atoms with van der Waals surface area (Å²) >= 11 is 5.31. The minimum absolute atomic E-state index is 0.00361. The second kappa shape index (κ2) is 10.00. The van der Waals surface area contributed by atoms with Gasteiger partial charge in [0.05, 0.1) is 0 Å². The molecule has 0 saturated heterocycles. The van der Waals surface area contributed by atoms with Crippen LogP contribution in [0.1, 0.15) is 81.6 Å². The summed E-state index contributed by atoms with van der Waals surface area (Å²) in [5, 5.41) is 0.364. The van der Waals surface area contributed by atoms with Gasteiger partial charge in [0.2, 0.25) is 0 Å². The van der Waals surface area contributed by atoms with E-state index >= 15 is 0 Å². The van der Waals surface area contributed by atoms with Crippen LogP contribution in [-0.2, 0) is 8.85 Å². The molecule has 0 fully saturated rings. The SMILES string of the molecule is CCCO[SiH](OCCC)[C@](S)(CC(C)(C)C)[SiH2]C(C)(C)C(C)C. The van der Waals surface area contributed by atoms with Gasteiger partial charge in [-0.15, -0.1) is 0 Å². The molecule has 2 nitrogen and oxygen atoms in total. The molecule has 0 aliphatic rings. The summed E-state index contributed by atoms with van der Waals surface area (Å²) in [4.78, 5) is 0. The summed E-state index contributed by atoms with van der Waals surface area (Å²) in [5.74, 6) is 0.674. The molecule has 0 spiro atoms. The Kier molecular flexibility index (Phi) is 10.3. The summed E-state index contributed by atoms with van der Waals surface area (Å²) in [5.41, 5.74) is 0.248. The lowest BCUT2D eigenvalue weighted by atomic mass is 9.93. The van der Waals surface area contributed by atoms with E-state index in [-0.39, 0.29) is 9.41 Å². The van der Waals surface area contributed by atoms with Gasteiger partial charge in [0.15, 0.2) is 0 Å². The maximum absolute atomic E-state index is 6.31. The van der Waals surface area contributed by atoms with Crippen LogP contribution in [0.5, 0.6) is 0 Å². The first-order valence-corrected chi connectivity index (χ1v) is 12.7. The summed E-state index contributed by atoms with van der Waals surface area (Å²) in [6.45, 7) is 22.4. The van der Waals surface area contributed by atoms with Gasteiger partial charge in [-0.05, 0) is 35.6 Å². The van der Waals surface area contributed by atoms with E-state index in [4.69, 9.17) is 21.5 Å². The molecule has 0 bridgehead atoms. The van der Waals surface area contributed by atoms with Crippen LogP contribution in [-0.4, -0.2) is 36.0 Å². The van der Waals surface area contributed by atoms with E-state index < -0.39 is 18.8 Å². The zero-order chi connectivity index (χ0) is 18.3. The fourth-order valence-electron chi connectivity index (χ4n) is 2.95. The molecule has 23 heavy (non-hydrogen) atoms. The van der Waals surface area contributed by atoms with E-state index in [0.29, 0.717) is 11.0 Å². The van der Waals surface area contributed by atoms with Crippen LogP contribution in [0, 0.1) is 11.3 Å². The molecule has 0 radical (unpaired) electrons. The van der Waals surface area contributed by atoms with Crippen LogP contribution in [0.2, 0.25) is 5.04 Å². The van der Waals surface area contributed by atoms with Gasteiger partial charge >= 0.3 is 9.28 Å². The predicted molar refractivity (Wildman–Crippen MR) is 113 cm³/mol. The highest BCUT2D eigenvalue weighted by molar-refractivity contribution is 7.85.